The number of nitrogens with one attached hydrogen (secondary N) is 2. The Balaban J connectivity index is 1.47. The minimum atomic E-state index is 0.217. The van der Waals surface area contributed by atoms with Gasteiger partial charge in [0.2, 0.25) is 0 Å². The smallest absolute Gasteiger partial charge is 0.0317 e. The Morgan fingerprint density at radius 2 is 1.10 bits per heavy atom. The topological polar surface area (TPSA) is 24.1 Å². The van der Waals surface area contributed by atoms with E-state index in [0.29, 0.717) is 0 Å². The van der Waals surface area contributed by atoms with Crippen molar-refractivity contribution in [3.63, 3.8) is 0 Å². The summed E-state index contributed by atoms with van der Waals surface area (Å²) in [5, 5.41) is 7.70. The predicted octanol–water partition coefficient (Wildman–Crippen LogP) is 3.94. The fourth-order valence-electron chi connectivity index (χ4n) is 4.13. The van der Waals surface area contributed by atoms with Crippen LogP contribution in [0.15, 0.2) is 24.3 Å². The Kier molecular flexibility index (Phi) is 5.54. The molecule has 0 aromatic rings. The Morgan fingerprint density at radius 3 is 1.52 bits per heavy atom. The minimum absolute atomic E-state index is 0.217. The van der Waals surface area contributed by atoms with Gasteiger partial charge in [-0.1, -0.05) is 62.8 Å². The molecule has 21 heavy (non-hydrogen) atoms. The van der Waals surface area contributed by atoms with Gasteiger partial charge in [0.15, 0.2) is 0 Å². The van der Waals surface area contributed by atoms with Gasteiger partial charge in [-0.2, -0.15) is 0 Å². The molecule has 2 saturated carbocycles. The maximum absolute atomic E-state index is 3.85. The molecule has 0 unspecified atom stereocenters. The molecule has 3 aliphatic carbocycles. The molecule has 2 heteroatoms. The van der Waals surface area contributed by atoms with E-state index in [0.717, 1.165) is 25.2 Å². The Bertz CT molecular complexity index is 324. The van der Waals surface area contributed by atoms with Crippen LogP contribution < -0.4 is 10.6 Å². The van der Waals surface area contributed by atoms with Gasteiger partial charge in [0.25, 0.3) is 0 Å². The highest BCUT2D eigenvalue weighted by Gasteiger charge is 2.28. The zero-order valence-electron chi connectivity index (χ0n) is 13.4. The molecule has 0 spiro atoms. The largest absolute Gasteiger partial charge is 0.313 e. The van der Waals surface area contributed by atoms with Gasteiger partial charge in [0.05, 0.1) is 0 Å². The average molecular weight is 288 g/mol. The van der Waals surface area contributed by atoms with Crippen molar-refractivity contribution in [3.05, 3.63) is 24.3 Å². The molecule has 2 fully saturated rings. The molecule has 0 saturated heterocycles. The molecule has 0 heterocycles. The van der Waals surface area contributed by atoms with Gasteiger partial charge in [-0.25, -0.2) is 0 Å². The average Bonchev–Trinajstić information content (AvgIpc) is 3.03. The molecular weight excluding hydrogens is 256 g/mol. The lowest BCUT2D eigenvalue weighted by atomic mass is 9.87. The maximum atomic E-state index is 3.85. The summed E-state index contributed by atoms with van der Waals surface area (Å²) in [7, 11) is 0. The van der Waals surface area contributed by atoms with Crippen LogP contribution in [0.4, 0.5) is 0 Å². The van der Waals surface area contributed by atoms with Crippen LogP contribution >= 0.6 is 0 Å². The van der Waals surface area contributed by atoms with E-state index in [4.69, 9.17) is 0 Å². The van der Waals surface area contributed by atoms with E-state index >= 15 is 0 Å². The lowest BCUT2D eigenvalue weighted by Gasteiger charge is -2.33. The maximum Gasteiger partial charge on any atom is 0.0317 e. The highest BCUT2D eigenvalue weighted by molar-refractivity contribution is 5.26. The van der Waals surface area contributed by atoms with Crippen LogP contribution in [0.2, 0.25) is 0 Å². The summed E-state index contributed by atoms with van der Waals surface area (Å²) in [5.41, 5.74) is 0.217. The van der Waals surface area contributed by atoms with Gasteiger partial charge in [-0.05, 0) is 25.7 Å². The van der Waals surface area contributed by atoms with E-state index in [1.807, 2.05) is 0 Å². The first-order chi connectivity index (χ1) is 10.4. The first-order valence-corrected chi connectivity index (χ1v) is 9.20. The van der Waals surface area contributed by atoms with Gasteiger partial charge >= 0.3 is 0 Å². The van der Waals surface area contributed by atoms with Gasteiger partial charge in [-0.15, -0.1) is 0 Å². The second kappa shape index (κ2) is 7.60. The number of hydrogen-bond donors (Lipinski definition) is 2. The highest BCUT2D eigenvalue weighted by atomic mass is 15.0. The van der Waals surface area contributed by atoms with E-state index in [1.165, 1.54) is 64.2 Å². The first kappa shape index (κ1) is 15.3. The van der Waals surface area contributed by atoms with Crippen molar-refractivity contribution in [2.24, 2.45) is 5.41 Å². The summed E-state index contributed by atoms with van der Waals surface area (Å²) >= 11 is 0. The highest BCUT2D eigenvalue weighted by Crippen LogP contribution is 2.27. The van der Waals surface area contributed by atoms with E-state index in [1.54, 1.807) is 0 Å². The molecular formula is C19H32N2. The summed E-state index contributed by atoms with van der Waals surface area (Å²) in [4.78, 5) is 0. The number of hydrogen-bond acceptors (Lipinski definition) is 2. The molecule has 2 nitrogen and oxygen atoms in total. The third-order valence-corrected chi connectivity index (χ3v) is 5.62. The molecule has 0 atom stereocenters. The molecule has 3 rings (SSSR count). The van der Waals surface area contributed by atoms with Crippen LogP contribution in [0.25, 0.3) is 0 Å². The lowest BCUT2D eigenvalue weighted by Crippen LogP contribution is -2.45. The van der Waals surface area contributed by atoms with Crippen LogP contribution in [0.3, 0.4) is 0 Å². The Hall–Kier alpha value is -0.600. The molecule has 0 amide bonds. The van der Waals surface area contributed by atoms with Crippen molar-refractivity contribution in [2.45, 2.75) is 76.3 Å². The SMILES string of the molecule is C1=CC(CNC2CCCCC2)(CNC2CCCCC2)C=C1. The fraction of sp³-hybridized carbons (Fsp3) is 0.789. The van der Waals surface area contributed by atoms with Crippen molar-refractivity contribution in [3.8, 4) is 0 Å². The fourth-order valence-corrected chi connectivity index (χ4v) is 4.13. The van der Waals surface area contributed by atoms with Crippen molar-refractivity contribution in [1.29, 1.82) is 0 Å². The van der Waals surface area contributed by atoms with Crippen LogP contribution in [0, 0.1) is 5.41 Å². The molecule has 0 bridgehead atoms. The summed E-state index contributed by atoms with van der Waals surface area (Å²) < 4.78 is 0. The van der Waals surface area contributed by atoms with E-state index in [2.05, 4.69) is 34.9 Å². The standard InChI is InChI=1S/C19H32N2/c1-3-9-17(10-4-1)20-15-19(13-7-8-14-19)16-21-18-11-5-2-6-12-18/h7-8,13-14,17-18,20-21H,1-6,9-12,15-16H2. The predicted molar refractivity (Wildman–Crippen MR) is 90.5 cm³/mol. The van der Waals surface area contributed by atoms with E-state index < -0.39 is 0 Å². The van der Waals surface area contributed by atoms with Gasteiger partial charge in [0.1, 0.15) is 0 Å². The molecule has 2 N–H and O–H groups in total. The summed E-state index contributed by atoms with van der Waals surface area (Å²) in [5.74, 6) is 0. The van der Waals surface area contributed by atoms with Gasteiger partial charge in [-0.3, -0.25) is 0 Å². The van der Waals surface area contributed by atoms with Crippen molar-refractivity contribution in [2.75, 3.05) is 13.1 Å². The number of allylic oxidation sites excluding steroid dienone is 2. The van der Waals surface area contributed by atoms with Crippen LogP contribution in [0.1, 0.15) is 64.2 Å². The van der Waals surface area contributed by atoms with E-state index in [9.17, 15) is 0 Å². The van der Waals surface area contributed by atoms with Crippen molar-refractivity contribution in [1.82, 2.24) is 10.6 Å². The molecule has 0 aromatic carbocycles. The summed E-state index contributed by atoms with van der Waals surface area (Å²) in [6.07, 6.45) is 23.3. The zero-order chi connectivity index (χ0) is 14.4. The molecule has 118 valence electrons. The monoisotopic (exact) mass is 288 g/mol. The van der Waals surface area contributed by atoms with Crippen LogP contribution in [-0.2, 0) is 0 Å². The first-order valence-electron chi connectivity index (χ1n) is 9.20. The van der Waals surface area contributed by atoms with Crippen molar-refractivity contribution < 1.29 is 0 Å². The molecule has 0 radical (unpaired) electrons. The number of rotatable bonds is 6. The van der Waals surface area contributed by atoms with Crippen LogP contribution in [0.5, 0.6) is 0 Å². The molecule has 3 aliphatic rings. The second-order valence-electron chi connectivity index (χ2n) is 7.38. The Labute approximate surface area is 130 Å². The van der Waals surface area contributed by atoms with Gasteiger partial charge in [0, 0.05) is 30.6 Å². The van der Waals surface area contributed by atoms with Gasteiger partial charge < -0.3 is 10.6 Å². The summed E-state index contributed by atoms with van der Waals surface area (Å²) in [6.45, 7) is 2.20. The minimum Gasteiger partial charge on any atom is -0.313 e. The van der Waals surface area contributed by atoms with Crippen LogP contribution in [-0.4, -0.2) is 25.2 Å². The second-order valence-corrected chi connectivity index (χ2v) is 7.38. The van der Waals surface area contributed by atoms with E-state index in [-0.39, 0.29) is 5.41 Å². The lowest BCUT2D eigenvalue weighted by molar-refractivity contribution is 0.302. The normalized spacial score (nSPS) is 26.5. The summed E-state index contributed by atoms with van der Waals surface area (Å²) in [6, 6.07) is 1.51. The molecule has 0 aliphatic heterocycles. The third kappa shape index (κ3) is 4.43. The third-order valence-electron chi connectivity index (χ3n) is 5.62. The zero-order valence-corrected chi connectivity index (χ0v) is 13.4. The van der Waals surface area contributed by atoms with Crippen molar-refractivity contribution >= 4 is 0 Å². The Morgan fingerprint density at radius 1 is 0.667 bits per heavy atom. The molecule has 0 aromatic heterocycles. The quantitative estimate of drug-likeness (QED) is 0.773.